The third-order valence-corrected chi connectivity index (χ3v) is 2.10. The van der Waals surface area contributed by atoms with Crippen molar-refractivity contribution < 1.29 is 19.4 Å². The molecule has 0 amide bonds. The molecule has 1 unspecified atom stereocenters. The van der Waals surface area contributed by atoms with Crippen LogP contribution in [0.4, 0.5) is 0 Å². The van der Waals surface area contributed by atoms with E-state index in [-0.39, 0.29) is 0 Å². The molecule has 0 saturated carbocycles. The van der Waals surface area contributed by atoms with Crippen LogP contribution in [0.15, 0.2) is 0 Å². The summed E-state index contributed by atoms with van der Waals surface area (Å²) in [5.41, 5.74) is -1.31. The molecule has 1 N–H and O–H groups in total. The zero-order valence-electron chi connectivity index (χ0n) is 7.21. The number of aliphatic hydroxyl groups is 1. The Labute approximate surface area is 71.5 Å². The summed E-state index contributed by atoms with van der Waals surface area (Å²) in [5.74, 6) is -0.548. The van der Waals surface area contributed by atoms with Crippen molar-refractivity contribution in [1.29, 1.82) is 0 Å². The van der Waals surface area contributed by atoms with Crippen LogP contribution in [0.2, 0.25) is 0 Å². The third kappa shape index (κ3) is 1.95. The highest BCUT2D eigenvalue weighted by molar-refractivity contribution is 5.79. The van der Waals surface area contributed by atoms with E-state index in [0.29, 0.717) is 32.5 Å². The number of rotatable bonds is 1. The normalized spacial score (nSPS) is 30.8. The molecule has 1 heterocycles. The number of methoxy groups -OCH3 is 1. The molecule has 4 heteroatoms. The fourth-order valence-corrected chi connectivity index (χ4v) is 1.33. The Morgan fingerprint density at radius 1 is 1.50 bits per heavy atom. The molecule has 1 saturated heterocycles. The van der Waals surface area contributed by atoms with Crippen molar-refractivity contribution in [3.05, 3.63) is 0 Å². The summed E-state index contributed by atoms with van der Waals surface area (Å²) in [6.45, 7) is 1.03. The second kappa shape index (κ2) is 3.87. The topological polar surface area (TPSA) is 55.8 Å². The number of hydrogen-bond acceptors (Lipinski definition) is 4. The molecule has 0 aromatic carbocycles. The molecular formula is C8H14O4. The maximum absolute atomic E-state index is 11.1. The van der Waals surface area contributed by atoms with Crippen molar-refractivity contribution in [3.63, 3.8) is 0 Å². The average molecular weight is 174 g/mol. The van der Waals surface area contributed by atoms with Gasteiger partial charge in [0.25, 0.3) is 0 Å². The number of carbonyl (C=O) groups excluding carboxylic acids is 1. The Balaban J connectivity index is 2.59. The van der Waals surface area contributed by atoms with Gasteiger partial charge in [0, 0.05) is 19.6 Å². The molecule has 0 bridgehead atoms. The second-order valence-corrected chi connectivity index (χ2v) is 2.99. The highest BCUT2D eigenvalue weighted by Gasteiger charge is 2.37. The van der Waals surface area contributed by atoms with Crippen molar-refractivity contribution in [1.82, 2.24) is 0 Å². The van der Waals surface area contributed by atoms with Crippen LogP contribution in [-0.2, 0) is 14.3 Å². The summed E-state index contributed by atoms with van der Waals surface area (Å²) >= 11 is 0. The van der Waals surface area contributed by atoms with Gasteiger partial charge in [0.1, 0.15) is 0 Å². The first-order valence-corrected chi connectivity index (χ1v) is 4.07. The molecule has 0 aromatic heterocycles. The molecule has 1 atom stereocenters. The molecule has 1 fully saturated rings. The highest BCUT2D eigenvalue weighted by Crippen LogP contribution is 2.22. The van der Waals surface area contributed by atoms with E-state index < -0.39 is 11.6 Å². The fourth-order valence-electron chi connectivity index (χ4n) is 1.33. The van der Waals surface area contributed by atoms with E-state index in [9.17, 15) is 9.90 Å². The van der Waals surface area contributed by atoms with E-state index in [1.165, 1.54) is 7.11 Å². The van der Waals surface area contributed by atoms with Crippen molar-refractivity contribution in [3.8, 4) is 0 Å². The minimum atomic E-state index is -1.31. The predicted molar refractivity (Wildman–Crippen MR) is 41.6 cm³/mol. The summed E-state index contributed by atoms with van der Waals surface area (Å²) in [4.78, 5) is 11.1. The van der Waals surface area contributed by atoms with Gasteiger partial charge in [0.15, 0.2) is 5.60 Å². The average Bonchev–Trinajstić information content (AvgIpc) is 2.29. The first-order valence-electron chi connectivity index (χ1n) is 4.07. The fraction of sp³-hybridized carbons (Fsp3) is 0.875. The number of ether oxygens (including phenoxy) is 2. The van der Waals surface area contributed by atoms with Gasteiger partial charge < -0.3 is 14.6 Å². The quantitative estimate of drug-likeness (QED) is 0.572. The summed E-state index contributed by atoms with van der Waals surface area (Å²) in [5, 5.41) is 9.77. The van der Waals surface area contributed by atoms with Gasteiger partial charge in [0.2, 0.25) is 0 Å². The smallest absolute Gasteiger partial charge is 0.337 e. The predicted octanol–water partition coefficient (Wildman–Crippen LogP) is 0.0910. The van der Waals surface area contributed by atoms with Crippen LogP contribution < -0.4 is 0 Å². The van der Waals surface area contributed by atoms with Crippen molar-refractivity contribution in [2.45, 2.75) is 24.9 Å². The summed E-state index contributed by atoms with van der Waals surface area (Å²) < 4.78 is 9.62. The number of carbonyl (C=O) groups is 1. The van der Waals surface area contributed by atoms with Crippen molar-refractivity contribution in [2.24, 2.45) is 0 Å². The first-order chi connectivity index (χ1) is 5.69. The van der Waals surface area contributed by atoms with Gasteiger partial charge in [0.05, 0.1) is 7.11 Å². The molecule has 0 aromatic rings. The lowest BCUT2D eigenvalue weighted by molar-refractivity contribution is -0.163. The van der Waals surface area contributed by atoms with Gasteiger partial charge in [-0.15, -0.1) is 0 Å². The second-order valence-electron chi connectivity index (χ2n) is 2.99. The molecule has 4 nitrogen and oxygen atoms in total. The molecule has 0 aliphatic carbocycles. The Kier molecular flexibility index (Phi) is 3.05. The van der Waals surface area contributed by atoms with Crippen LogP contribution in [0, 0.1) is 0 Å². The van der Waals surface area contributed by atoms with Gasteiger partial charge in [-0.25, -0.2) is 4.79 Å². The minimum Gasteiger partial charge on any atom is -0.467 e. The van der Waals surface area contributed by atoms with Gasteiger partial charge in [-0.1, -0.05) is 0 Å². The maximum Gasteiger partial charge on any atom is 0.337 e. The summed E-state index contributed by atoms with van der Waals surface area (Å²) in [7, 11) is 1.28. The Hall–Kier alpha value is -0.610. The van der Waals surface area contributed by atoms with E-state index in [4.69, 9.17) is 4.74 Å². The SMILES string of the molecule is COC(=O)C1(O)CCCOCC1. The largest absolute Gasteiger partial charge is 0.467 e. The van der Waals surface area contributed by atoms with Gasteiger partial charge >= 0.3 is 5.97 Å². The third-order valence-electron chi connectivity index (χ3n) is 2.10. The lowest BCUT2D eigenvalue weighted by Crippen LogP contribution is -2.39. The molecule has 70 valence electrons. The lowest BCUT2D eigenvalue weighted by atomic mass is 9.95. The van der Waals surface area contributed by atoms with E-state index in [2.05, 4.69) is 4.74 Å². The Bertz CT molecular complexity index is 158. The standard InChI is InChI=1S/C8H14O4/c1-11-7(9)8(10)3-2-5-12-6-4-8/h10H,2-6H2,1H3. The Morgan fingerprint density at radius 3 is 2.92 bits per heavy atom. The summed E-state index contributed by atoms with van der Waals surface area (Å²) in [6.07, 6.45) is 1.46. The number of hydrogen-bond donors (Lipinski definition) is 1. The van der Waals surface area contributed by atoms with Gasteiger partial charge in [-0.2, -0.15) is 0 Å². The van der Waals surface area contributed by atoms with Crippen LogP contribution in [0.3, 0.4) is 0 Å². The van der Waals surface area contributed by atoms with Crippen molar-refractivity contribution >= 4 is 5.97 Å². The molecule has 1 aliphatic heterocycles. The van der Waals surface area contributed by atoms with E-state index in [0.717, 1.165) is 0 Å². The van der Waals surface area contributed by atoms with E-state index in [1.807, 2.05) is 0 Å². The van der Waals surface area contributed by atoms with Crippen LogP contribution in [0.25, 0.3) is 0 Å². The highest BCUT2D eigenvalue weighted by atomic mass is 16.5. The minimum absolute atomic E-state index is 0.333. The molecule has 1 rings (SSSR count). The van der Waals surface area contributed by atoms with E-state index in [1.54, 1.807) is 0 Å². The van der Waals surface area contributed by atoms with Gasteiger partial charge in [-0.3, -0.25) is 0 Å². The molecule has 0 spiro atoms. The van der Waals surface area contributed by atoms with Gasteiger partial charge in [-0.05, 0) is 12.8 Å². The van der Waals surface area contributed by atoms with Crippen molar-refractivity contribution in [2.75, 3.05) is 20.3 Å². The van der Waals surface area contributed by atoms with Crippen LogP contribution in [-0.4, -0.2) is 37.0 Å². The lowest BCUT2D eigenvalue weighted by Gasteiger charge is -2.21. The molecule has 0 radical (unpaired) electrons. The maximum atomic E-state index is 11.1. The molecular weight excluding hydrogens is 160 g/mol. The monoisotopic (exact) mass is 174 g/mol. The zero-order chi connectivity index (χ0) is 9.03. The van der Waals surface area contributed by atoms with E-state index >= 15 is 0 Å². The summed E-state index contributed by atoms with van der Waals surface area (Å²) in [6, 6.07) is 0. The molecule has 12 heavy (non-hydrogen) atoms. The molecule has 1 aliphatic rings. The first kappa shape index (κ1) is 9.48. The van der Waals surface area contributed by atoms with Crippen LogP contribution in [0.1, 0.15) is 19.3 Å². The van der Waals surface area contributed by atoms with Crippen LogP contribution >= 0.6 is 0 Å². The zero-order valence-corrected chi connectivity index (χ0v) is 7.21. The van der Waals surface area contributed by atoms with Crippen LogP contribution in [0.5, 0.6) is 0 Å². The Morgan fingerprint density at radius 2 is 2.25 bits per heavy atom. The number of esters is 1.